The number of nitrogens with one attached hydrogen (secondary N) is 1. The van der Waals surface area contributed by atoms with Crippen LogP contribution in [0.4, 0.5) is 0 Å². The van der Waals surface area contributed by atoms with E-state index in [1.54, 1.807) is 0 Å². The van der Waals surface area contributed by atoms with Crippen LogP contribution < -0.4 is 5.32 Å². The van der Waals surface area contributed by atoms with E-state index in [-0.39, 0.29) is 17.9 Å². The molecule has 0 aromatic rings. The number of fused-ring (bicyclic) bond motifs is 1. The summed E-state index contributed by atoms with van der Waals surface area (Å²) in [6.07, 6.45) is 10.7. The van der Waals surface area contributed by atoms with Crippen molar-refractivity contribution in [3.8, 4) is 12.3 Å². The molecule has 2 heteroatoms. The third kappa shape index (κ3) is 1.44. The van der Waals surface area contributed by atoms with Gasteiger partial charge >= 0.3 is 0 Å². The van der Waals surface area contributed by atoms with Crippen molar-refractivity contribution < 1.29 is 4.79 Å². The van der Waals surface area contributed by atoms with E-state index in [1.807, 2.05) is 0 Å². The highest BCUT2D eigenvalue weighted by molar-refractivity contribution is 5.82. The molecule has 2 nitrogen and oxygen atoms in total. The van der Waals surface area contributed by atoms with Crippen LogP contribution in [0, 0.1) is 24.2 Å². The first-order chi connectivity index (χ1) is 6.33. The zero-order valence-corrected chi connectivity index (χ0v) is 7.75. The quantitative estimate of drug-likeness (QED) is 0.601. The van der Waals surface area contributed by atoms with E-state index in [2.05, 4.69) is 11.2 Å². The summed E-state index contributed by atoms with van der Waals surface area (Å²) in [7, 11) is 0. The maximum absolute atomic E-state index is 11.5. The molecule has 0 aromatic carbocycles. The predicted molar refractivity (Wildman–Crippen MR) is 50.8 cm³/mol. The molecule has 1 N–H and O–H groups in total. The van der Waals surface area contributed by atoms with E-state index < -0.39 is 0 Å². The molecule has 0 unspecified atom stereocenters. The lowest BCUT2D eigenvalue weighted by molar-refractivity contribution is -0.123. The lowest BCUT2D eigenvalue weighted by Gasteiger charge is -2.25. The molecule has 1 amide bonds. The van der Waals surface area contributed by atoms with E-state index in [1.165, 1.54) is 19.3 Å². The van der Waals surface area contributed by atoms with Gasteiger partial charge in [-0.05, 0) is 18.8 Å². The molecule has 70 valence electrons. The standard InChI is InChI=1S/C11H15NO/c1-2-5-10-8-6-3-4-7-9(8)11(13)12-10/h1,8-10H,3-7H2,(H,12,13)/t8-,9+,10+/m1/s1. The Kier molecular flexibility index (Phi) is 2.26. The molecular weight excluding hydrogens is 162 g/mol. The second-order valence-corrected chi connectivity index (χ2v) is 4.08. The topological polar surface area (TPSA) is 29.1 Å². The average Bonchev–Trinajstić information content (AvgIpc) is 2.46. The Bertz CT molecular complexity index is 253. The normalized spacial score (nSPS) is 37.8. The molecule has 0 aromatic heterocycles. The Morgan fingerprint density at radius 3 is 3.00 bits per heavy atom. The van der Waals surface area contributed by atoms with Crippen molar-refractivity contribution in [2.45, 2.75) is 38.1 Å². The first kappa shape index (κ1) is 8.62. The molecule has 0 bridgehead atoms. The van der Waals surface area contributed by atoms with Gasteiger partial charge in [0.25, 0.3) is 0 Å². The summed E-state index contributed by atoms with van der Waals surface area (Å²) in [5.74, 6) is 3.68. The van der Waals surface area contributed by atoms with Crippen LogP contribution in [0.25, 0.3) is 0 Å². The lowest BCUT2D eigenvalue weighted by Crippen LogP contribution is -2.28. The molecular formula is C11H15NO. The van der Waals surface area contributed by atoms with Gasteiger partial charge in [-0.15, -0.1) is 12.3 Å². The maximum atomic E-state index is 11.5. The minimum atomic E-state index is 0.241. The minimum absolute atomic E-state index is 0.241. The van der Waals surface area contributed by atoms with Crippen molar-refractivity contribution in [3.05, 3.63) is 0 Å². The Balaban J connectivity index is 2.09. The Hall–Kier alpha value is -0.970. The summed E-state index contributed by atoms with van der Waals surface area (Å²) in [5, 5.41) is 3.02. The summed E-state index contributed by atoms with van der Waals surface area (Å²) in [5.41, 5.74) is 0. The van der Waals surface area contributed by atoms with Crippen LogP contribution in [0.1, 0.15) is 32.1 Å². The number of hydrogen-bond donors (Lipinski definition) is 1. The fourth-order valence-corrected chi connectivity index (χ4v) is 2.69. The van der Waals surface area contributed by atoms with Crippen LogP contribution >= 0.6 is 0 Å². The zero-order chi connectivity index (χ0) is 9.26. The maximum Gasteiger partial charge on any atom is 0.223 e. The molecule has 1 saturated heterocycles. The number of hydrogen-bond acceptors (Lipinski definition) is 1. The van der Waals surface area contributed by atoms with E-state index >= 15 is 0 Å². The fourth-order valence-electron chi connectivity index (χ4n) is 2.69. The minimum Gasteiger partial charge on any atom is -0.352 e. The number of carbonyl (C=O) groups excluding carboxylic acids is 1. The zero-order valence-electron chi connectivity index (χ0n) is 7.75. The predicted octanol–water partition coefficient (Wildman–Crippen LogP) is 1.31. The van der Waals surface area contributed by atoms with Crippen LogP contribution in [-0.4, -0.2) is 11.9 Å². The first-order valence-corrected chi connectivity index (χ1v) is 5.07. The summed E-state index contributed by atoms with van der Waals surface area (Å²) in [4.78, 5) is 11.5. The third-order valence-electron chi connectivity index (χ3n) is 3.34. The van der Waals surface area contributed by atoms with E-state index in [9.17, 15) is 4.79 Å². The van der Waals surface area contributed by atoms with Crippen LogP contribution in [0.2, 0.25) is 0 Å². The fraction of sp³-hybridized carbons (Fsp3) is 0.727. The van der Waals surface area contributed by atoms with Gasteiger partial charge in [0, 0.05) is 18.4 Å². The molecule has 2 rings (SSSR count). The van der Waals surface area contributed by atoms with E-state index in [0.717, 1.165) is 6.42 Å². The number of carbonyl (C=O) groups is 1. The van der Waals surface area contributed by atoms with Crippen LogP contribution in [-0.2, 0) is 4.79 Å². The Labute approximate surface area is 79.1 Å². The third-order valence-corrected chi connectivity index (χ3v) is 3.34. The summed E-state index contributed by atoms with van der Waals surface area (Å²) >= 11 is 0. The van der Waals surface area contributed by atoms with Crippen molar-refractivity contribution in [2.24, 2.45) is 11.8 Å². The van der Waals surface area contributed by atoms with Gasteiger partial charge < -0.3 is 5.32 Å². The summed E-state index contributed by atoms with van der Waals surface area (Å²) < 4.78 is 0. The van der Waals surface area contributed by atoms with Gasteiger partial charge in [-0.3, -0.25) is 4.79 Å². The second kappa shape index (κ2) is 3.41. The van der Waals surface area contributed by atoms with Crippen LogP contribution in [0.15, 0.2) is 0 Å². The van der Waals surface area contributed by atoms with Crippen molar-refractivity contribution >= 4 is 5.91 Å². The highest BCUT2D eigenvalue weighted by Gasteiger charge is 2.42. The van der Waals surface area contributed by atoms with Crippen molar-refractivity contribution in [3.63, 3.8) is 0 Å². The van der Waals surface area contributed by atoms with Crippen molar-refractivity contribution in [1.29, 1.82) is 0 Å². The number of amides is 1. The lowest BCUT2D eigenvalue weighted by atomic mass is 9.77. The molecule has 1 aliphatic heterocycles. The van der Waals surface area contributed by atoms with E-state index in [4.69, 9.17) is 6.42 Å². The second-order valence-electron chi connectivity index (χ2n) is 4.08. The highest BCUT2D eigenvalue weighted by atomic mass is 16.2. The monoisotopic (exact) mass is 177 g/mol. The molecule has 3 atom stereocenters. The molecule has 1 aliphatic carbocycles. The highest BCUT2D eigenvalue weighted by Crippen LogP contribution is 2.37. The number of rotatable bonds is 1. The molecule has 0 spiro atoms. The van der Waals surface area contributed by atoms with Gasteiger partial charge in [0.2, 0.25) is 5.91 Å². The SMILES string of the molecule is C#CC[C@@H]1NC(=O)[C@H]2CCCC[C@@H]12. The van der Waals surface area contributed by atoms with E-state index in [0.29, 0.717) is 12.3 Å². The smallest absolute Gasteiger partial charge is 0.223 e. The van der Waals surface area contributed by atoms with Gasteiger partial charge in [-0.2, -0.15) is 0 Å². The van der Waals surface area contributed by atoms with Crippen LogP contribution in [0.5, 0.6) is 0 Å². The van der Waals surface area contributed by atoms with Gasteiger partial charge in [-0.1, -0.05) is 12.8 Å². The van der Waals surface area contributed by atoms with Crippen molar-refractivity contribution in [1.82, 2.24) is 5.32 Å². The van der Waals surface area contributed by atoms with Gasteiger partial charge in [0.1, 0.15) is 0 Å². The van der Waals surface area contributed by atoms with Crippen LogP contribution in [0.3, 0.4) is 0 Å². The number of terminal acetylenes is 1. The Morgan fingerprint density at radius 1 is 1.46 bits per heavy atom. The molecule has 1 heterocycles. The Morgan fingerprint density at radius 2 is 2.23 bits per heavy atom. The average molecular weight is 177 g/mol. The molecule has 1 saturated carbocycles. The van der Waals surface area contributed by atoms with Gasteiger partial charge in [0.15, 0.2) is 0 Å². The molecule has 0 radical (unpaired) electrons. The first-order valence-electron chi connectivity index (χ1n) is 5.07. The summed E-state index contributed by atoms with van der Waals surface area (Å²) in [6.45, 7) is 0. The molecule has 2 fully saturated rings. The molecule has 2 aliphatic rings. The largest absolute Gasteiger partial charge is 0.352 e. The molecule has 13 heavy (non-hydrogen) atoms. The van der Waals surface area contributed by atoms with Crippen molar-refractivity contribution in [2.75, 3.05) is 0 Å². The van der Waals surface area contributed by atoms with Gasteiger partial charge in [-0.25, -0.2) is 0 Å². The van der Waals surface area contributed by atoms with Gasteiger partial charge in [0.05, 0.1) is 0 Å². The summed E-state index contributed by atoms with van der Waals surface area (Å²) in [6, 6.07) is 0.266.